The molecular formula is C14H19ClN2O4. The summed E-state index contributed by atoms with van der Waals surface area (Å²) in [7, 11) is 1.57. The minimum Gasteiger partial charge on any atom is -0.478 e. The number of hydrogen-bond donors (Lipinski definition) is 3. The maximum atomic E-state index is 11.9. The minimum atomic E-state index is -1.07. The summed E-state index contributed by atoms with van der Waals surface area (Å²) >= 11 is 5.95. The summed E-state index contributed by atoms with van der Waals surface area (Å²) in [5.41, 5.74) is 0.418. The van der Waals surface area contributed by atoms with Crippen LogP contribution in [-0.2, 0) is 4.74 Å². The van der Waals surface area contributed by atoms with Crippen molar-refractivity contribution in [1.82, 2.24) is 5.32 Å². The predicted octanol–water partition coefficient (Wildman–Crippen LogP) is 2.97. The number of benzene rings is 1. The van der Waals surface area contributed by atoms with Gasteiger partial charge in [-0.2, -0.15) is 0 Å². The molecule has 1 aromatic carbocycles. The second kappa shape index (κ2) is 8.49. The van der Waals surface area contributed by atoms with E-state index in [-0.39, 0.29) is 16.6 Å². The lowest BCUT2D eigenvalue weighted by molar-refractivity contribution is 0.0697. The average molecular weight is 315 g/mol. The average Bonchev–Trinajstić information content (AvgIpc) is 2.41. The molecule has 0 aliphatic heterocycles. The Labute approximate surface area is 128 Å². The molecule has 116 valence electrons. The first kappa shape index (κ1) is 17.3. The van der Waals surface area contributed by atoms with Crippen LogP contribution in [0.1, 0.15) is 30.1 Å². The molecule has 1 unspecified atom stereocenters. The second-order valence-electron chi connectivity index (χ2n) is 4.54. The fraction of sp³-hybridized carbons (Fsp3) is 0.429. The molecule has 0 saturated heterocycles. The van der Waals surface area contributed by atoms with E-state index in [0.717, 1.165) is 12.8 Å². The maximum Gasteiger partial charge on any atom is 0.335 e. The number of aromatic carboxylic acids is 1. The molecule has 0 aliphatic rings. The molecule has 0 radical (unpaired) electrons. The van der Waals surface area contributed by atoms with Crippen LogP contribution in [-0.4, -0.2) is 36.9 Å². The molecule has 1 rings (SSSR count). The van der Waals surface area contributed by atoms with Gasteiger partial charge in [-0.3, -0.25) is 0 Å². The van der Waals surface area contributed by atoms with E-state index in [0.29, 0.717) is 12.3 Å². The summed E-state index contributed by atoms with van der Waals surface area (Å²) in [4.78, 5) is 22.7. The van der Waals surface area contributed by atoms with Crippen molar-refractivity contribution in [2.75, 3.05) is 19.0 Å². The van der Waals surface area contributed by atoms with Gasteiger partial charge in [0.25, 0.3) is 0 Å². The van der Waals surface area contributed by atoms with Crippen LogP contribution < -0.4 is 10.6 Å². The van der Waals surface area contributed by atoms with Gasteiger partial charge in [0.2, 0.25) is 0 Å². The standard InChI is InChI=1S/C14H19ClN2O4/c1-3-4-10(8-21-2)16-14(20)17-12-6-5-9(13(18)19)7-11(12)15/h5-7,10H,3-4,8H2,1-2H3,(H,18,19)(H2,16,17,20). The Morgan fingerprint density at radius 1 is 1.43 bits per heavy atom. The topological polar surface area (TPSA) is 87.7 Å². The Hall–Kier alpha value is -1.79. The lowest BCUT2D eigenvalue weighted by Crippen LogP contribution is -2.40. The van der Waals surface area contributed by atoms with Gasteiger partial charge >= 0.3 is 12.0 Å². The van der Waals surface area contributed by atoms with Crippen LogP contribution in [0.3, 0.4) is 0 Å². The van der Waals surface area contributed by atoms with Crippen LogP contribution in [0, 0.1) is 0 Å². The molecule has 2 amide bonds. The highest BCUT2D eigenvalue weighted by molar-refractivity contribution is 6.34. The predicted molar refractivity (Wildman–Crippen MR) is 81.1 cm³/mol. The number of nitrogens with one attached hydrogen (secondary N) is 2. The van der Waals surface area contributed by atoms with Crippen molar-refractivity contribution in [3.63, 3.8) is 0 Å². The van der Waals surface area contributed by atoms with Crippen molar-refractivity contribution >= 4 is 29.3 Å². The summed E-state index contributed by atoms with van der Waals surface area (Å²) in [5, 5.41) is 14.4. The van der Waals surface area contributed by atoms with Gasteiger partial charge in [-0.1, -0.05) is 24.9 Å². The van der Waals surface area contributed by atoms with Crippen LogP contribution in [0.25, 0.3) is 0 Å². The molecule has 0 spiro atoms. The summed E-state index contributed by atoms with van der Waals surface area (Å²) in [6, 6.07) is 3.63. The summed E-state index contributed by atoms with van der Waals surface area (Å²) in [5.74, 6) is -1.07. The van der Waals surface area contributed by atoms with Crippen molar-refractivity contribution in [1.29, 1.82) is 0 Å². The lowest BCUT2D eigenvalue weighted by Gasteiger charge is -2.18. The van der Waals surface area contributed by atoms with Crippen LogP contribution in [0.15, 0.2) is 18.2 Å². The van der Waals surface area contributed by atoms with E-state index in [1.165, 1.54) is 18.2 Å². The van der Waals surface area contributed by atoms with Crippen molar-refractivity contribution in [3.8, 4) is 0 Å². The Bertz CT molecular complexity index is 502. The van der Waals surface area contributed by atoms with E-state index in [9.17, 15) is 9.59 Å². The number of rotatable bonds is 7. The van der Waals surface area contributed by atoms with E-state index >= 15 is 0 Å². The third-order valence-electron chi connectivity index (χ3n) is 2.80. The van der Waals surface area contributed by atoms with Gasteiger partial charge in [-0.05, 0) is 24.6 Å². The van der Waals surface area contributed by atoms with Gasteiger partial charge in [0.05, 0.1) is 28.9 Å². The number of halogens is 1. The third-order valence-corrected chi connectivity index (χ3v) is 3.12. The zero-order chi connectivity index (χ0) is 15.8. The highest BCUT2D eigenvalue weighted by Gasteiger charge is 2.13. The van der Waals surface area contributed by atoms with E-state index in [1.807, 2.05) is 6.92 Å². The smallest absolute Gasteiger partial charge is 0.335 e. The van der Waals surface area contributed by atoms with Crippen molar-refractivity contribution in [2.45, 2.75) is 25.8 Å². The van der Waals surface area contributed by atoms with Crippen molar-refractivity contribution in [3.05, 3.63) is 28.8 Å². The zero-order valence-corrected chi connectivity index (χ0v) is 12.7. The van der Waals surface area contributed by atoms with Crippen LogP contribution in [0.4, 0.5) is 10.5 Å². The van der Waals surface area contributed by atoms with E-state index in [1.54, 1.807) is 7.11 Å². The van der Waals surface area contributed by atoms with Gasteiger partial charge in [-0.25, -0.2) is 9.59 Å². The number of ether oxygens (including phenoxy) is 1. The number of carbonyl (C=O) groups excluding carboxylic acids is 1. The molecular weight excluding hydrogens is 296 g/mol. The molecule has 1 aromatic rings. The Kier molecular flexibility index (Phi) is 6.98. The molecule has 6 nitrogen and oxygen atoms in total. The number of hydrogen-bond acceptors (Lipinski definition) is 3. The summed E-state index contributed by atoms with van der Waals surface area (Å²) in [6.45, 7) is 2.44. The van der Waals surface area contributed by atoms with Crippen LogP contribution in [0.2, 0.25) is 5.02 Å². The summed E-state index contributed by atoms with van der Waals surface area (Å²) in [6.07, 6.45) is 1.72. The monoisotopic (exact) mass is 314 g/mol. The van der Waals surface area contributed by atoms with Gasteiger partial charge in [-0.15, -0.1) is 0 Å². The van der Waals surface area contributed by atoms with Gasteiger partial charge < -0.3 is 20.5 Å². The number of amides is 2. The first-order valence-corrected chi connectivity index (χ1v) is 6.95. The van der Waals surface area contributed by atoms with Gasteiger partial charge in [0.1, 0.15) is 0 Å². The molecule has 0 bridgehead atoms. The minimum absolute atomic E-state index is 0.0641. The van der Waals surface area contributed by atoms with Gasteiger partial charge in [0.15, 0.2) is 0 Å². The SMILES string of the molecule is CCCC(COC)NC(=O)Nc1ccc(C(=O)O)cc1Cl. The molecule has 1 atom stereocenters. The Balaban J connectivity index is 2.67. The Morgan fingerprint density at radius 2 is 2.14 bits per heavy atom. The maximum absolute atomic E-state index is 11.9. The molecule has 7 heteroatoms. The number of carbonyl (C=O) groups is 2. The Morgan fingerprint density at radius 3 is 2.67 bits per heavy atom. The molecule has 0 saturated carbocycles. The molecule has 3 N–H and O–H groups in total. The van der Waals surface area contributed by atoms with Crippen molar-refractivity contribution in [2.24, 2.45) is 0 Å². The highest BCUT2D eigenvalue weighted by Crippen LogP contribution is 2.23. The molecule has 0 aromatic heterocycles. The number of anilines is 1. The number of methoxy groups -OCH3 is 1. The first-order valence-electron chi connectivity index (χ1n) is 6.57. The molecule has 0 heterocycles. The van der Waals surface area contributed by atoms with E-state index < -0.39 is 12.0 Å². The second-order valence-corrected chi connectivity index (χ2v) is 4.95. The fourth-order valence-electron chi connectivity index (χ4n) is 1.84. The number of carboxylic acids is 1. The van der Waals surface area contributed by atoms with Crippen LogP contribution in [0.5, 0.6) is 0 Å². The molecule has 0 aliphatic carbocycles. The van der Waals surface area contributed by atoms with Crippen molar-refractivity contribution < 1.29 is 19.4 Å². The van der Waals surface area contributed by atoms with Gasteiger partial charge in [0, 0.05) is 7.11 Å². The van der Waals surface area contributed by atoms with Crippen LogP contribution >= 0.6 is 11.6 Å². The number of carboxylic acid groups (broad SMARTS) is 1. The summed E-state index contributed by atoms with van der Waals surface area (Å²) < 4.78 is 5.04. The lowest BCUT2D eigenvalue weighted by atomic mass is 10.2. The molecule has 21 heavy (non-hydrogen) atoms. The number of urea groups is 1. The van der Waals surface area contributed by atoms with E-state index in [2.05, 4.69) is 10.6 Å². The highest BCUT2D eigenvalue weighted by atomic mass is 35.5. The first-order chi connectivity index (χ1) is 9.97. The largest absolute Gasteiger partial charge is 0.478 e. The van der Waals surface area contributed by atoms with E-state index in [4.69, 9.17) is 21.4 Å². The fourth-order valence-corrected chi connectivity index (χ4v) is 2.07. The molecule has 0 fully saturated rings. The zero-order valence-electron chi connectivity index (χ0n) is 12.0. The normalized spacial score (nSPS) is 11.8. The quantitative estimate of drug-likeness (QED) is 0.722. The third kappa shape index (κ3) is 5.61.